The van der Waals surface area contributed by atoms with Crippen molar-refractivity contribution >= 4 is 17.2 Å². The SMILES string of the molecule is Cc1ccc2c(cnn2C2CCCCO2)c1C=O. The summed E-state index contributed by atoms with van der Waals surface area (Å²) in [5.74, 6) is 0. The van der Waals surface area contributed by atoms with Crippen LogP contribution in [0, 0.1) is 6.92 Å². The van der Waals surface area contributed by atoms with Crippen LogP contribution in [0.2, 0.25) is 0 Å². The zero-order valence-electron chi connectivity index (χ0n) is 10.4. The van der Waals surface area contributed by atoms with Gasteiger partial charge >= 0.3 is 0 Å². The Morgan fingerprint density at radius 2 is 2.33 bits per heavy atom. The Hall–Kier alpha value is -1.68. The highest BCUT2D eigenvalue weighted by atomic mass is 16.5. The first-order valence-corrected chi connectivity index (χ1v) is 6.35. The molecule has 0 radical (unpaired) electrons. The fraction of sp³-hybridized carbons (Fsp3) is 0.429. The molecule has 0 N–H and O–H groups in total. The molecule has 94 valence electrons. The van der Waals surface area contributed by atoms with Gasteiger partial charge < -0.3 is 4.74 Å². The molecule has 4 nitrogen and oxygen atoms in total. The van der Waals surface area contributed by atoms with E-state index in [1.807, 2.05) is 23.7 Å². The predicted molar refractivity (Wildman–Crippen MR) is 68.7 cm³/mol. The quantitative estimate of drug-likeness (QED) is 0.763. The molecule has 1 aliphatic heterocycles. The van der Waals surface area contributed by atoms with E-state index in [1.165, 1.54) is 6.42 Å². The molecule has 1 aromatic heterocycles. The molecule has 3 rings (SSSR count). The van der Waals surface area contributed by atoms with Gasteiger partial charge in [0.25, 0.3) is 0 Å². The summed E-state index contributed by atoms with van der Waals surface area (Å²) in [7, 11) is 0. The van der Waals surface area contributed by atoms with Crippen LogP contribution in [-0.4, -0.2) is 22.7 Å². The third-order valence-electron chi connectivity index (χ3n) is 3.59. The highest BCUT2D eigenvalue weighted by Gasteiger charge is 2.19. The normalized spacial score (nSPS) is 20.2. The van der Waals surface area contributed by atoms with Gasteiger partial charge in [0.2, 0.25) is 0 Å². The summed E-state index contributed by atoms with van der Waals surface area (Å²) < 4.78 is 7.65. The van der Waals surface area contributed by atoms with Crippen molar-refractivity contribution in [1.29, 1.82) is 0 Å². The second kappa shape index (κ2) is 4.53. The van der Waals surface area contributed by atoms with Gasteiger partial charge in [0.15, 0.2) is 12.5 Å². The highest BCUT2D eigenvalue weighted by Crippen LogP contribution is 2.28. The molecule has 2 heterocycles. The van der Waals surface area contributed by atoms with Gasteiger partial charge in [0.1, 0.15) is 0 Å². The van der Waals surface area contributed by atoms with Crippen LogP contribution in [-0.2, 0) is 4.74 Å². The van der Waals surface area contributed by atoms with Crippen molar-refractivity contribution < 1.29 is 9.53 Å². The molecule has 0 bridgehead atoms. The van der Waals surface area contributed by atoms with E-state index in [9.17, 15) is 4.79 Å². The largest absolute Gasteiger partial charge is 0.356 e. The molecule has 2 aromatic rings. The van der Waals surface area contributed by atoms with E-state index >= 15 is 0 Å². The molecule has 0 aliphatic carbocycles. The zero-order valence-corrected chi connectivity index (χ0v) is 10.4. The van der Waals surface area contributed by atoms with Gasteiger partial charge in [0.05, 0.1) is 11.7 Å². The Balaban J connectivity index is 2.11. The molecule has 1 saturated heterocycles. The van der Waals surface area contributed by atoms with Crippen LogP contribution in [0.4, 0.5) is 0 Å². The monoisotopic (exact) mass is 244 g/mol. The zero-order chi connectivity index (χ0) is 12.5. The summed E-state index contributed by atoms with van der Waals surface area (Å²) in [4.78, 5) is 11.2. The number of carbonyl (C=O) groups is 1. The summed E-state index contributed by atoms with van der Waals surface area (Å²) in [6, 6.07) is 3.98. The third kappa shape index (κ3) is 1.73. The minimum absolute atomic E-state index is 0.0125. The number of aryl methyl sites for hydroxylation is 1. The maximum absolute atomic E-state index is 11.2. The van der Waals surface area contributed by atoms with Crippen LogP contribution in [0.1, 0.15) is 41.4 Å². The fourth-order valence-electron chi connectivity index (χ4n) is 2.55. The van der Waals surface area contributed by atoms with Crippen LogP contribution in [0.15, 0.2) is 18.3 Å². The predicted octanol–water partition coefficient (Wildman–Crippen LogP) is 2.86. The van der Waals surface area contributed by atoms with E-state index in [0.717, 1.165) is 47.8 Å². The lowest BCUT2D eigenvalue weighted by molar-refractivity contribution is -0.0366. The molecule has 1 atom stereocenters. The van der Waals surface area contributed by atoms with Gasteiger partial charge in [-0.15, -0.1) is 0 Å². The Labute approximate surface area is 106 Å². The topological polar surface area (TPSA) is 44.1 Å². The molecule has 0 spiro atoms. The van der Waals surface area contributed by atoms with Crippen LogP contribution in [0.25, 0.3) is 10.9 Å². The lowest BCUT2D eigenvalue weighted by atomic mass is 10.1. The summed E-state index contributed by atoms with van der Waals surface area (Å²) >= 11 is 0. The summed E-state index contributed by atoms with van der Waals surface area (Å²) in [5, 5.41) is 5.32. The first kappa shape index (κ1) is 11.4. The Morgan fingerprint density at radius 1 is 1.44 bits per heavy atom. The maximum atomic E-state index is 11.2. The second-order valence-corrected chi connectivity index (χ2v) is 4.76. The van der Waals surface area contributed by atoms with Crippen LogP contribution in [0.3, 0.4) is 0 Å². The molecule has 1 fully saturated rings. The molecular weight excluding hydrogens is 228 g/mol. The van der Waals surface area contributed by atoms with Crippen LogP contribution >= 0.6 is 0 Å². The van der Waals surface area contributed by atoms with Gasteiger partial charge in [-0.3, -0.25) is 4.79 Å². The van der Waals surface area contributed by atoms with Gasteiger partial charge in [-0.1, -0.05) is 6.07 Å². The van der Waals surface area contributed by atoms with Crippen LogP contribution in [0.5, 0.6) is 0 Å². The number of benzene rings is 1. The molecule has 0 saturated carbocycles. The minimum atomic E-state index is 0.0125. The van der Waals surface area contributed by atoms with Crippen LogP contribution < -0.4 is 0 Å². The number of hydrogen-bond acceptors (Lipinski definition) is 3. The average Bonchev–Trinajstić information content (AvgIpc) is 2.83. The molecule has 18 heavy (non-hydrogen) atoms. The lowest BCUT2D eigenvalue weighted by Gasteiger charge is -2.23. The van der Waals surface area contributed by atoms with Gasteiger partial charge in [-0.25, -0.2) is 4.68 Å². The standard InChI is InChI=1S/C14H16N2O2/c1-10-5-6-13-11(12(10)9-17)8-15-16(13)14-4-2-3-7-18-14/h5-6,8-9,14H,2-4,7H2,1H3. The van der Waals surface area contributed by atoms with Gasteiger partial charge in [-0.2, -0.15) is 5.10 Å². The van der Waals surface area contributed by atoms with Crippen molar-refractivity contribution in [3.63, 3.8) is 0 Å². The van der Waals surface area contributed by atoms with Gasteiger partial charge in [0, 0.05) is 17.6 Å². The van der Waals surface area contributed by atoms with Crippen molar-refractivity contribution in [3.05, 3.63) is 29.5 Å². The Morgan fingerprint density at radius 3 is 3.06 bits per heavy atom. The number of aldehydes is 1. The van der Waals surface area contributed by atoms with E-state index < -0.39 is 0 Å². The van der Waals surface area contributed by atoms with Gasteiger partial charge in [-0.05, 0) is 37.8 Å². The number of carbonyl (C=O) groups excluding carboxylic acids is 1. The summed E-state index contributed by atoms with van der Waals surface area (Å²) in [6.07, 6.45) is 5.96. The average molecular weight is 244 g/mol. The molecule has 4 heteroatoms. The van der Waals surface area contributed by atoms with E-state index in [-0.39, 0.29) is 6.23 Å². The number of aromatic nitrogens is 2. The van der Waals surface area contributed by atoms with E-state index in [4.69, 9.17) is 4.74 Å². The molecule has 0 amide bonds. The summed E-state index contributed by atoms with van der Waals surface area (Å²) in [6.45, 7) is 2.73. The molecule has 1 unspecified atom stereocenters. The van der Waals surface area contributed by atoms with Crippen molar-refractivity contribution in [1.82, 2.24) is 9.78 Å². The summed E-state index contributed by atoms with van der Waals surface area (Å²) in [5.41, 5.74) is 2.70. The highest BCUT2D eigenvalue weighted by molar-refractivity contribution is 5.97. The number of fused-ring (bicyclic) bond motifs is 1. The number of ether oxygens (including phenoxy) is 1. The van der Waals surface area contributed by atoms with Crippen molar-refractivity contribution in [2.24, 2.45) is 0 Å². The van der Waals surface area contributed by atoms with Crippen molar-refractivity contribution in [3.8, 4) is 0 Å². The van der Waals surface area contributed by atoms with E-state index in [2.05, 4.69) is 5.10 Å². The van der Waals surface area contributed by atoms with Crippen molar-refractivity contribution in [2.45, 2.75) is 32.4 Å². The number of nitrogens with zero attached hydrogens (tertiary/aromatic N) is 2. The first-order chi connectivity index (χ1) is 8.81. The third-order valence-corrected chi connectivity index (χ3v) is 3.59. The Bertz CT molecular complexity index is 583. The second-order valence-electron chi connectivity index (χ2n) is 4.76. The minimum Gasteiger partial charge on any atom is -0.356 e. The Kier molecular flexibility index (Phi) is 2.88. The van der Waals surface area contributed by atoms with E-state index in [0.29, 0.717) is 0 Å². The number of hydrogen-bond donors (Lipinski definition) is 0. The number of rotatable bonds is 2. The molecule has 1 aromatic carbocycles. The smallest absolute Gasteiger partial charge is 0.151 e. The first-order valence-electron chi connectivity index (χ1n) is 6.35. The maximum Gasteiger partial charge on any atom is 0.151 e. The van der Waals surface area contributed by atoms with E-state index in [1.54, 1.807) is 6.20 Å². The van der Waals surface area contributed by atoms with Crippen molar-refractivity contribution in [2.75, 3.05) is 6.61 Å². The molecule has 1 aliphatic rings. The molecular formula is C14H16N2O2. The fourth-order valence-corrected chi connectivity index (χ4v) is 2.55. The lowest BCUT2D eigenvalue weighted by Crippen LogP contribution is -2.18.